The summed E-state index contributed by atoms with van der Waals surface area (Å²) >= 11 is 0. The van der Waals surface area contributed by atoms with Crippen LogP contribution in [0.25, 0.3) is 32.3 Å². The van der Waals surface area contributed by atoms with Crippen LogP contribution in [0.1, 0.15) is 23.7 Å². The Morgan fingerprint density at radius 1 is 0.958 bits per heavy atom. The van der Waals surface area contributed by atoms with Crippen molar-refractivity contribution in [1.29, 1.82) is 0 Å². The minimum absolute atomic E-state index is 0.0475. The maximum absolute atomic E-state index is 12.7. The Balaban J connectivity index is 1.96. The molecule has 24 heavy (non-hydrogen) atoms. The highest BCUT2D eigenvalue weighted by molar-refractivity contribution is 6.26. The number of benzene rings is 4. The van der Waals surface area contributed by atoms with Crippen molar-refractivity contribution in [3.8, 4) is 0 Å². The molecule has 0 heterocycles. The number of carbonyl (C=O) groups is 1. The van der Waals surface area contributed by atoms with Crippen molar-refractivity contribution in [1.82, 2.24) is 5.32 Å². The fourth-order valence-electron chi connectivity index (χ4n) is 3.47. The van der Waals surface area contributed by atoms with Gasteiger partial charge in [0.1, 0.15) is 0 Å². The molecule has 1 amide bonds. The van der Waals surface area contributed by atoms with Gasteiger partial charge >= 0.3 is 0 Å². The predicted molar refractivity (Wildman–Crippen MR) is 98.8 cm³/mol. The Hall–Kier alpha value is -2.65. The zero-order chi connectivity index (χ0) is 16.7. The lowest BCUT2D eigenvalue weighted by Gasteiger charge is -2.17. The first-order chi connectivity index (χ1) is 11.7. The van der Waals surface area contributed by atoms with E-state index in [1.54, 1.807) is 0 Å². The molecule has 0 unspecified atom stereocenters. The number of hydrogen-bond acceptors (Lipinski definition) is 2. The van der Waals surface area contributed by atoms with E-state index in [2.05, 4.69) is 41.7 Å². The topological polar surface area (TPSA) is 49.3 Å². The molecular formula is C21H19NO2. The van der Waals surface area contributed by atoms with Crippen molar-refractivity contribution in [3.63, 3.8) is 0 Å². The fraction of sp³-hybridized carbons (Fsp3) is 0.190. The van der Waals surface area contributed by atoms with Crippen LogP contribution in [0.15, 0.2) is 54.6 Å². The summed E-state index contributed by atoms with van der Waals surface area (Å²) in [5.74, 6) is -0.131. The summed E-state index contributed by atoms with van der Waals surface area (Å²) in [5, 5.41) is 19.1. The quantitative estimate of drug-likeness (QED) is 0.557. The summed E-state index contributed by atoms with van der Waals surface area (Å²) in [6.45, 7) is 1.90. The number of aliphatic hydroxyl groups is 1. The lowest BCUT2D eigenvalue weighted by molar-refractivity contribution is 0.0916. The minimum atomic E-state index is -0.212. The molecule has 0 radical (unpaired) electrons. The van der Waals surface area contributed by atoms with Crippen LogP contribution < -0.4 is 5.32 Å². The molecule has 2 N–H and O–H groups in total. The Bertz CT molecular complexity index is 1020. The summed E-state index contributed by atoms with van der Waals surface area (Å²) in [6, 6.07) is 18.3. The second kappa shape index (κ2) is 5.77. The number of carbonyl (C=O) groups excluding carboxylic acids is 1. The van der Waals surface area contributed by atoms with E-state index in [-0.39, 0.29) is 18.6 Å². The van der Waals surface area contributed by atoms with Crippen LogP contribution in [-0.2, 0) is 0 Å². The van der Waals surface area contributed by atoms with Crippen molar-refractivity contribution in [2.45, 2.75) is 19.4 Å². The zero-order valence-electron chi connectivity index (χ0n) is 13.5. The van der Waals surface area contributed by atoms with Crippen LogP contribution in [0, 0.1) is 0 Å². The lowest BCUT2D eigenvalue weighted by Crippen LogP contribution is -2.37. The van der Waals surface area contributed by atoms with Gasteiger partial charge in [-0.1, -0.05) is 55.5 Å². The van der Waals surface area contributed by atoms with Crippen LogP contribution in [0.4, 0.5) is 0 Å². The van der Waals surface area contributed by atoms with Gasteiger partial charge in [-0.25, -0.2) is 0 Å². The van der Waals surface area contributed by atoms with E-state index in [1.165, 1.54) is 16.2 Å². The zero-order valence-corrected chi connectivity index (χ0v) is 13.5. The highest BCUT2D eigenvalue weighted by atomic mass is 16.3. The molecule has 0 fully saturated rings. The van der Waals surface area contributed by atoms with Gasteiger partial charge < -0.3 is 10.4 Å². The largest absolute Gasteiger partial charge is 0.394 e. The Morgan fingerprint density at radius 3 is 2.25 bits per heavy atom. The normalized spacial score (nSPS) is 12.9. The predicted octanol–water partition coefficient (Wildman–Crippen LogP) is 4.08. The molecule has 0 aliphatic carbocycles. The number of amides is 1. The second-order valence-electron chi connectivity index (χ2n) is 6.23. The SMILES string of the molecule is CC[C@H](CO)NC(=O)c1ccc2ccc3cccc4ccc1c2c34. The molecule has 3 nitrogen and oxygen atoms in total. The van der Waals surface area contributed by atoms with Crippen molar-refractivity contribution < 1.29 is 9.90 Å². The third-order valence-electron chi connectivity index (χ3n) is 4.82. The molecule has 3 heteroatoms. The number of rotatable bonds is 4. The van der Waals surface area contributed by atoms with Gasteiger partial charge in [0, 0.05) is 5.56 Å². The first-order valence-electron chi connectivity index (χ1n) is 8.31. The molecule has 0 aliphatic heterocycles. The first kappa shape index (κ1) is 14.9. The molecular weight excluding hydrogens is 298 g/mol. The molecule has 0 aromatic heterocycles. The molecule has 0 saturated heterocycles. The van der Waals surface area contributed by atoms with Gasteiger partial charge in [-0.2, -0.15) is 0 Å². The average molecular weight is 317 g/mol. The van der Waals surface area contributed by atoms with E-state index in [1.807, 2.05) is 25.1 Å². The second-order valence-corrected chi connectivity index (χ2v) is 6.23. The van der Waals surface area contributed by atoms with Crippen molar-refractivity contribution in [3.05, 3.63) is 60.2 Å². The molecule has 0 bridgehead atoms. The Morgan fingerprint density at radius 2 is 1.58 bits per heavy atom. The standard InChI is InChI=1S/C21H19NO2/c1-2-16(12-23)22-21(24)18-11-9-15-7-6-13-4-3-5-14-8-10-17(18)20(15)19(13)14/h3-11,16,23H,2,12H2,1H3,(H,22,24)/t16-/m1/s1. The Labute approximate surface area is 140 Å². The molecule has 1 atom stereocenters. The van der Waals surface area contributed by atoms with Crippen molar-refractivity contribution >= 4 is 38.2 Å². The van der Waals surface area contributed by atoms with E-state index in [0.717, 1.165) is 16.2 Å². The Kier molecular flexibility index (Phi) is 3.58. The molecule has 0 spiro atoms. The number of aliphatic hydroxyl groups excluding tert-OH is 1. The van der Waals surface area contributed by atoms with Gasteiger partial charge in [-0.05, 0) is 44.8 Å². The molecule has 0 aliphatic rings. The smallest absolute Gasteiger partial charge is 0.252 e. The monoisotopic (exact) mass is 317 g/mol. The van der Waals surface area contributed by atoms with E-state index in [0.29, 0.717) is 12.0 Å². The van der Waals surface area contributed by atoms with Crippen LogP contribution in [0.3, 0.4) is 0 Å². The third-order valence-corrected chi connectivity index (χ3v) is 4.82. The highest BCUT2D eigenvalue weighted by Gasteiger charge is 2.16. The molecule has 120 valence electrons. The van der Waals surface area contributed by atoms with Gasteiger partial charge in [0.2, 0.25) is 0 Å². The summed E-state index contributed by atoms with van der Waals surface area (Å²) in [7, 11) is 0. The lowest BCUT2D eigenvalue weighted by atomic mass is 9.92. The summed E-state index contributed by atoms with van der Waals surface area (Å²) in [4.78, 5) is 12.7. The molecule has 4 rings (SSSR count). The molecule has 4 aromatic carbocycles. The molecule has 4 aromatic rings. The van der Waals surface area contributed by atoms with E-state index in [9.17, 15) is 9.90 Å². The van der Waals surface area contributed by atoms with Gasteiger partial charge in [-0.15, -0.1) is 0 Å². The maximum atomic E-state index is 12.7. The van der Waals surface area contributed by atoms with E-state index >= 15 is 0 Å². The van der Waals surface area contributed by atoms with Gasteiger partial charge in [0.25, 0.3) is 5.91 Å². The van der Waals surface area contributed by atoms with Gasteiger partial charge in [-0.3, -0.25) is 4.79 Å². The number of nitrogens with one attached hydrogen (secondary N) is 1. The van der Waals surface area contributed by atoms with Crippen molar-refractivity contribution in [2.24, 2.45) is 0 Å². The number of hydrogen-bond donors (Lipinski definition) is 2. The minimum Gasteiger partial charge on any atom is -0.394 e. The molecule has 0 saturated carbocycles. The van der Waals surface area contributed by atoms with Crippen LogP contribution >= 0.6 is 0 Å². The van der Waals surface area contributed by atoms with Crippen LogP contribution in [0.5, 0.6) is 0 Å². The van der Waals surface area contributed by atoms with E-state index < -0.39 is 0 Å². The highest BCUT2D eigenvalue weighted by Crippen LogP contribution is 2.35. The van der Waals surface area contributed by atoms with Crippen LogP contribution in [0.2, 0.25) is 0 Å². The van der Waals surface area contributed by atoms with Gasteiger partial charge in [0.15, 0.2) is 0 Å². The summed E-state index contributed by atoms with van der Waals surface area (Å²) in [5.41, 5.74) is 0.660. The van der Waals surface area contributed by atoms with E-state index in [4.69, 9.17) is 0 Å². The average Bonchev–Trinajstić information content (AvgIpc) is 2.63. The fourth-order valence-corrected chi connectivity index (χ4v) is 3.47. The maximum Gasteiger partial charge on any atom is 0.252 e. The summed E-state index contributed by atoms with van der Waals surface area (Å²) in [6.07, 6.45) is 0.702. The van der Waals surface area contributed by atoms with Crippen LogP contribution in [-0.4, -0.2) is 23.7 Å². The van der Waals surface area contributed by atoms with Gasteiger partial charge in [0.05, 0.1) is 12.6 Å². The first-order valence-corrected chi connectivity index (χ1v) is 8.31. The third kappa shape index (κ3) is 2.21. The summed E-state index contributed by atoms with van der Waals surface area (Å²) < 4.78 is 0. The van der Waals surface area contributed by atoms with Crippen molar-refractivity contribution in [2.75, 3.05) is 6.61 Å².